The lowest BCUT2D eigenvalue weighted by Crippen LogP contribution is -2.36. The molecule has 0 radical (unpaired) electrons. The Bertz CT molecular complexity index is 1470. The molecule has 1 fully saturated rings. The number of ether oxygens (including phenoxy) is 1. The molecule has 9 nitrogen and oxygen atoms in total. The standard InChI is InChI=1S/C26H25N5O4/c1-28(2)19-7-5-6-18(16-19)25-21-8-3-4-9-22(21)26(32)30(27-25)24-17-20(10-11-23(24)31(33)34)29-12-14-35-15-13-29/h3-11,16-17H,12-15H2,1-2H3. The van der Waals surface area contributed by atoms with Crippen LogP contribution in [0.1, 0.15) is 0 Å². The lowest BCUT2D eigenvalue weighted by molar-refractivity contribution is -0.384. The molecule has 0 N–H and O–H groups in total. The highest BCUT2D eigenvalue weighted by molar-refractivity contribution is 5.94. The van der Waals surface area contributed by atoms with Crippen LogP contribution in [0.2, 0.25) is 0 Å². The van der Waals surface area contributed by atoms with Gasteiger partial charge in [0.25, 0.3) is 11.2 Å². The first-order valence-corrected chi connectivity index (χ1v) is 11.4. The van der Waals surface area contributed by atoms with Gasteiger partial charge in [-0.25, -0.2) is 0 Å². The fourth-order valence-corrected chi connectivity index (χ4v) is 4.35. The highest BCUT2D eigenvalue weighted by Crippen LogP contribution is 2.31. The van der Waals surface area contributed by atoms with Crippen LogP contribution in [0.4, 0.5) is 17.1 Å². The van der Waals surface area contributed by atoms with Gasteiger partial charge in [-0.1, -0.05) is 30.3 Å². The summed E-state index contributed by atoms with van der Waals surface area (Å²) in [4.78, 5) is 29.1. The topological polar surface area (TPSA) is 93.7 Å². The highest BCUT2D eigenvalue weighted by atomic mass is 16.6. The Kier molecular flexibility index (Phi) is 5.92. The molecule has 1 saturated heterocycles. The smallest absolute Gasteiger partial charge is 0.295 e. The van der Waals surface area contributed by atoms with E-state index in [2.05, 4.69) is 4.90 Å². The lowest BCUT2D eigenvalue weighted by atomic mass is 10.0. The van der Waals surface area contributed by atoms with Crippen LogP contribution >= 0.6 is 0 Å². The first-order valence-electron chi connectivity index (χ1n) is 11.4. The van der Waals surface area contributed by atoms with Crippen molar-refractivity contribution in [3.8, 4) is 16.9 Å². The van der Waals surface area contributed by atoms with Crippen molar-refractivity contribution < 1.29 is 9.66 Å². The molecule has 3 aromatic carbocycles. The van der Waals surface area contributed by atoms with E-state index in [4.69, 9.17) is 9.84 Å². The molecule has 0 atom stereocenters. The van der Waals surface area contributed by atoms with Crippen LogP contribution in [-0.2, 0) is 4.74 Å². The van der Waals surface area contributed by atoms with Crippen LogP contribution in [0.25, 0.3) is 27.7 Å². The van der Waals surface area contributed by atoms with E-state index in [0.29, 0.717) is 42.8 Å². The summed E-state index contributed by atoms with van der Waals surface area (Å²) in [6, 6.07) is 19.9. The zero-order chi connectivity index (χ0) is 24.5. The van der Waals surface area contributed by atoms with E-state index in [0.717, 1.165) is 16.9 Å². The fraction of sp³-hybridized carbons (Fsp3) is 0.231. The SMILES string of the molecule is CN(C)c1cccc(-c2nn(-c3cc(N4CCOCC4)ccc3[N+](=O)[O-])c(=O)c3ccccc23)c1. The molecule has 35 heavy (non-hydrogen) atoms. The molecule has 0 bridgehead atoms. The summed E-state index contributed by atoms with van der Waals surface area (Å²) in [5, 5.41) is 17.8. The van der Waals surface area contributed by atoms with Gasteiger partial charge in [-0.05, 0) is 30.3 Å². The third kappa shape index (κ3) is 4.22. The summed E-state index contributed by atoms with van der Waals surface area (Å²) >= 11 is 0. The largest absolute Gasteiger partial charge is 0.378 e. The molecule has 0 saturated carbocycles. The minimum Gasteiger partial charge on any atom is -0.378 e. The summed E-state index contributed by atoms with van der Waals surface area (Å²) in [6.07, 6.45) is 0. The molecule has 0 spiro atoms. The monoisotopic (exact) mass is 471 g/mol. The molecule has 4 aromatic rings. The van der Waals surface area contributed by atoms with Crippen molar-refractivity contribution in [1.29, 1.82) is 0 Å². The first-order chi connectivity index (χ1) is 16.9. The third-order valence-corrected chi connectivity index (χ3v) is 6.20. The third-order valence-electron chi connectivity index (χ3n) is 6.20. The predicted octanol–water partition coefficient (Wildman–Crippen LogP) is 3.86. The van der Waals surface area contributed by atoms with Gasteiger partial charge >= 0.3 is 0 Å². The van der Waals surface area contributed by atoms with Gasteiger partial charge in [-0.3, -0.25) is 14.9 Å². The molecule has 9 heteroatoms. The molecule has 2 heterocycles. The number of nitro benzene ring substituents is 1. The molecule has 0 unspecified atom stereocenters. The number of fused-ring (bicyclic) bond motifs is 1. The lowest BCUT2D eigenvalue weighted by Gasteiger charge is -2.29. The number of hydrogen-bond acceptors (Lipinski definition) is 7. The molecule has 1 aromatic heterocycles. The fourth-order valence-electron chi connectivity index (χ4n) is 4.35. The maximum atomic E-state index is 13.6. The summed E-state index contributed by atoms with van der Waals surface area (Å²) in [5.74, 6) is 0. The van der Waals surface area contributed by atoms with Crippen molar-refractivity contribution in [3.63, 3.8) is 0 Å². The Hall–Kier alpha value is -4.24. The van der Waals surface area contributed by atoms with Crippen LogP contribution in [0, 0.1) is 10.1 Å². The number of hydrogen-bond donors (Lipinski definition) is 0. The van der Waals surface area contributed by atoms with Gasteiger partial charge < -0.3 is 14.5 Å². The van der Waals surface area contributed by atoms with Crippen molar-refractivity contribution in [2.45, 2.75) is 0 Å². The van der Waals surface area contributed by atoms with Crippen LogP contribution in [0.3, 0.4) is 0 Å². The van der Waals surface area contributed by atoms with E-state index in [1.807, 2.05) is 55.4 Å². The number of benzene rings is 3. The van der Waals surface area contributed by atoms with Gasteiger partial charge in [0.05, 0.1) is 29.2 Å². The Morgan fingerprint density at radius 3 is 2.43 bits per heavy atom. The normalized spacial score (nSPS) is 13.7. The molecule has 0 aliphatic carbocycles. The van der Waals surface area contributed by atoms with Gasteiger partial charge in [0.2, 0.25) is 0 Å². The van der Waals surface area contributed by atoms with Crippen LogP contribution in [0.5, 0.6) is 0 Å². The van der Waals surface area contributed by atoms with Gasteiger partial charge in [-0.15, -0.1) is 0 Å². The van der Waals surface area contributed by atoms with Crippen LogP contribution in [-0.4, -0.2) is 55.1 Å². The quantitative estimate of drug-likeness (QED) is 0.322. The first kappa shape index (κ1) is 22.5. The highest BCUT2D eigenvalue weighted by Gasteiger charge is 2.23. The molecule has 0 amide bonds. The van der Waals surface area contributed by atoms with Gasteiger partial charge in [0.15, 0.2) is 0 Å². The Balaban J connectivity index is 1.77. The van der Waals surface area contributed by atoms with Crippen LogP contribution in [0.15, 0.2) is 71.5 Å². The minimum atomic E-state index is -0.478. The van der Waals surface area contributed by atoms with Gasteiger partial charge in [0.1, 0.15) is 5.69 Å². The number of aromatic nitrogens is 2. The van der Waals surface area contributed by atoms with Crippen molar-refractivity contribution in [2.24, 2.45) is 0 Å². The number of nitrogens with zero attached hydrogens (tertiary/aromatic N) is 5. The van der Waals surface area contributed by atoms with E-state index in [-0.39, 0.29) is 11.4 Å². The molecule has 178 valence electrons. The average molecular weight is 472 g/mol. The number of anilines is 2. The predicted molar refractivity (Wildman–Crippen MR) is 137 cm³/mol. The van der Waals surface area contributed by atoms with E-state index >= 15 is 0 Å². The minimum absolute atomic E-state index is 0.139. The molecular weight excluding hydrogens is 446 g/mol. The summed E-state index contributed by atoms with van der Waals surface area (Å²) < 4.78 is 6.60. The maximum Gasteiger partial charge on any atom is 0.295 e. The second-order valence-corrected chi connectivity index (χ2v) is 8.59. The van der Waals surface area contributed by atoms with E-state index in [9.17, 15) is 14.9 Å². The molecule has 1 aliphatic heterocycles. The van der Waals surface area contributed by atoms with Crippen molar-refractivity contribution in [3.05, 3.63) is 87.2 Å². The second kappa shape index (κ2) is 9.19. The average Bonchev–Trinajstić information content (AvgIpc) is 2.89. The van der Waals surface area contributed by atoms with Crippen molar-refractivity contribution in [2.75, 3.05) is 50.2 Å². The number of rotatable bonds is 5. The Morgan fingerprint density at radius 1 is 0.971 bits per heavy atom. The van der Waals surface area contributed by atoms with E-state index in [1.54, 1.807) is 24.3 Å². The van der Waals surface area contributed by atoms with E-state index in [1.165, 1.54) is 10.7 Å². The van der Waals surface area contributed by atoms with Crippen LogP contribution < -0.4 is 15.4 Å². The summed E-state index contributed by atoms with van der Waals surface area (Å²) in [5.41, 5.74) is 2.71. The molecular formula is C26H25N5O4. The number of nitro groups is 1. The van der Waals surface area contributed by atoms with E-state index < -0.39 is 10.5 Å². The van der Waals surface area contributed by atoms with Crippen molar-refractivity contribution in [1.82, 2.24) is 9.78 Å². The molecule has 1 aliphatic rings. The number of morpholine rings is 1. The second-order valence-electron chi connectivity index (χ2n) is 8.59. The Labute approximate surface area is 201 Å². The van der Waals surface area contributed by atoms with Gasteiger partial charge in [-0.2, -0.15) is 9.78 Å². The summed E-state index contributed by atoms with van der Waals surface area (Å²) in [7, 11) is 3.90. The zero-order valence-electron chi connectivity index (χ0n) is 19.5. The van der Waals surface area contributed by atoms with Crippen molar-refractivity contribution >= 4 is 27.8 Å². The molecule has 5 rings (SSSR count). The van der Waals surface area contributed by atoms with Gasteiger partial charge in [0, 0.05) is 55.6 Å². The summed E-state index contributed by atoms with van der Waals surface area (Å²) in [6.45, 7) is 2.49. The Morgan fingerprint density at radius 2 is 1.71 bits per heavy atom. The maximum absolute atomic E-state index is 13.6. The zero-order valence-corrected chi connectivity index (χ0v) is 19.5.